The highest BCUT2D eigenvalue weighted by Crippen LogP contribution is 2.39. The molecule has 0 saturated carbocycles. The maximum atomic E-state index is 2.48. The molecule has 4 aromatic rings. The Balaban J connectivity index is 2.06. The predicted octanol–water partition coefficient (Wildman–Crippen LogP) is 6.86. The Morgan fingerprint density at radius 1 is 0.846 bits per heavy atom. The molecule has 0 bridgehead atoms. The van der Waals surface area contributed by atoms with E-state index in [0.29, 0.717) is 0 Å². The minimum absolute atomic E-state index is 0.140. The van der Waals surface area contributed by atoms with Gasteiger partial charge >= 0.3 is 0 Å². The van der Waals surface area contributed by atoms with Crippen LogP contribution >= 0.6 is 11.8 Å². The normalized spacial score (nSPS) is 12.2. The number of hydrogen-bond acceptors (Lipinski definition) is 1. The van der Waals surface area contributed by atoms with E-state index in [9.17, 15) is 0 Å². The van der Waals surface area contributed by atoms with Crippen molar-refractivity contribution in [3.05, 3.63) is 77.9 Å². The lowest BCUT2D eigenvalue weighted by Crippen LogP contribution is -2.11. The molecule has 0 aliphatic carbocycles. The third kappa shape index (κ3) is 2.93. The molecule has 0 aliphatic rings. The number of fused-ring (bicyclic) bond motifs is 3. The van der Waals surface area contributed by atoms with Gasteiger partial charge in [-0.2, -0.15) is 0 Å². The summed E-state index contributed by atoms with van der Waals surface area (Å²) >= 11 is 1.85. The largest absolute Gasteiger partial charge is 0.335 e. The zero-order chi connectivity index (χ0) is 18.3. The predicted molar refractivity (Wildman–Crippen MR) is 115 cm³/mol. The Morgan fingerprint density at radius 2 is 1.54 bits per heavy atom. The van der Waals surface area contributed by atoms with E-state index in [1.54, 1.807) is 0 Å². The van der Waals surface area contributed by atoms with Crippen molar-refractivity contribution in [2.75, 3.05) is 6.26 Å². The molecule has 0 radical (unpaired) electrons. The summed E-state index contributed by atoms with van der Waals surface area (Å²) in [5.74, 6) is 0. The molecule has 0 atom stereocenters. The summed E-state index contributed by atoms with van der Waals surface area (Å²) in [5, 5.41) is 2.72. The fourth-order valence-electron chi connectivity index (χ4n) is 3.67. The van der Waals surface area contributed by atoms with E-state index in [-0.39, 0.29) is 5.41 Å². The lowest BCUT2D eigenvalue weighted by molar-refractivity contribution is 0.589. The van der Waals surface area contributed by atoms with Gasteiger partial charge in [-0.05, 0) is 41.0 Å². The van der Waals surface area contributed by atoms with Gasteiger partial charge in [0.15, 0.2) is 0 Å². The topological polar surface area (TPSA) is 4.93 Å². The average molecular weight is 360 g/mol. The fraction of sp³-hybridized carbons (Fsp3) is 0.250. The van der Waals surface area contributed by atoms with Gasteiger partial charge in [-0.15, -0.1) is 11.8 Å². The molecule has 26 heavy (non-hydrogen) atoms. The molecule has 1 heterocycles. The van der Waals surface area contributed by atoms with Gasteiger partial charge in [-0.25, -0.2) is 0 Å². The number of hydrogen-bond donors (Lipinski definition) is 0. The summed E-state index contributed by atoms with van der Waals surface area (Å²) in [5.41, 5.74) is 5.55. The van der Waals surface area contributed by atoms with Crippen molar-refractivity contribution in [1.82, 2.24) is 4.57 Å². The van der Waals surface area contributed by atoms with Crippen LogP contribution in [0.25, 0.3) is 21.8 Å². The van der Waals surface area contributed by atoms with Crippen LogP contribution in [0.4, 0.5) is 0 Å². The Bertz CT molecular complexity index is 1070. The SMILES string of the molecule is CSc1cc(C(C)(C)C)cc2c3ccccc3n(Cc3ccccc3)c12. The summed E-state index contributed by atoms with van der Waals surface area (Å²) in [6, 6.07) is 24.3. The zero-order valence-corrected chi connectivity index (χ0v) is 16.7. The quantitative estimate of drug-likeness (QED) is 0.362. The number of thioether (sulfide) groups is 1. The highest BCUT2D eigenvalue weighted by molar-refractivity contribution is 7.98. The summed E-state index contributed by atoms with van der Waals surface area (Å²) in [6.45, 7) is 7.78. The van der Waals surface area contributed by atoms with Crippen molar-refractivity contribution in [2.24, 2.45) is 0 Å². The molecular formula is C24H25NS. The molecule has 0 amide bonds. The van der Waals surface area contributed by atoms with Gasteiger partial charge in [0.2, 0.25) is 0 Å². The third-order valence-corrected chi connectivity index (χ3v) is 5.85. The van der Waals surface area contributed by atoms with Gasteiger partial charge in [0.05, 0.1) is 5.52 Å². The van der Waals surface area contributed by atoms with Gasteiger partial charge in [0.1, 0.15) is 0 Å². The van der Waals surface area contributed by atoms with E-state index >= 15 is 0 Å². The molecule has 1 aromatic heterocycles. The van der Waals surface area contributed by atoms with Crippen molar-refractivity contribution in [2.45, 2.75) is 37.6 Å². The second-order valence-corrected chi connectivity index (χ2v) is 8.76. The highest BCUT2D eigenvalue weighted by atomic mass is 32.2. The van der Waals surface area contributed by atoms with Crippen LogP contribution in [-0.2, 0) is 12.0 Å². The van der Waals surface area contributed by atoms with Gasteiger partial charge in [-0.3, -0.25) is 0 Å². The van der Waals surface area contributed by atoms with Crippen molar-refractivity contribution >= 4 is 33.6 Å². The average Bonchev–Trinajstić information content (AvgIpc) is 2.95. The van der Waals surface area contributed by atoms with Crippen molar-refractivity contribution in [3.63, 3.8) is 0 Å². The monoisotopic (exact) mass is 359 g/mol. The lowest BCUT2D eigenvalue weighted by atomic mass is 9.86. The van der Waals surface area contributed by atoms with Crippen LogP contribution in [0.5, 0.6) is 0 Å². The number of nitrogens with zero attached hydrogens (tertiary/aromatic N) is 1. The molecule has 0 spiro atoms. The number of aromatic nitrogens is 1. The molecule has 0 fully saturated rings. The van der Waals surface area contributed by atoms with Crippen molar-refractivity contribution in [1.29, 1.82) is 0 Å². The zero-order valence-electron chi connectivity index (χ0n) is 15.9. The van der Waals surface area contributed by atoms with Crippen LogP contribution in [0.15, 0.2) is 71.6 Å². The minimum Gasteiger partial charge on any atom is -0.335 e. The summed E-state index contributed by atoms with van der Waals surface area (Å²) < 4.78 is 2.48. The Morgan fingerprint density at radius 3 is 2.23 bits per heavy atom. The molecule has 0 unspecified atom stereocenters. The van der Waals surface area contributed by atoms with Crippen LogP contribution in [0.2, 0.25) is 0 Å². The molecular weight excluding hydrogens is 334 g/mol. The van der Waals surface area contributed by atoms with Crippen LogP contribution in [0, 0.1) is 0 Å². The van der Waals surface area contributed by atoms with Crippen molar-refractivity contribution in [3.8, 4) is 0 Å². The third-order valence-electron chi connectivity index (χ3n) is 5.10. The van der Waals surface area contributed by atoms with E-state index < -0.39 is 0 Å². The van der Waals surface area contributed by atoms with Gasteiger partial charge in [-0.1, -0.05) is 69.3 Å². The number of benzene rings is 3. The van der Waals surface area contributed by atoms with E-state index in [4.69, 9.17) is 0 Å². The molecule has 3 aromatic carbocycles. The fourth-order valence-corrected chi connectivity index (χ4v) is 4.33. The van der Waals surface area contributed by atoms with Crippen LogP contribution in [0.3, 0.4) is 0 Å². The molecule has 0 N–H and O–H groups in total. The standard InChI is InChI=1S/C24H25NS/c1-24(2,3)18-14-20-19-12-8-9-13-21(19)25(23(20)22(15-18)26-4)16-17-10-6-5-7-11-17/h5-15H,16H2,1-4H3. The number of rotatable bonds is 3. The summed E-state index contributed by atoms with van der Waals surface area (Å²) in [6.07, 6.45) is 2.19. The molecule has 1 nitrogen and oxygen atoms in total. The number of para-hydroxylation sites is 1. The lowest BCUT2D eigenvalue weighted by Gasteiger charge is -2.21. The van der Waals surface area contributed by atoms with Gasteiger partial charge < -0.3 is 4.57 Å². The smallest absolute Gasteiger partial charge is 0.0632 e. The molecule has 132 valence electrons. The van der Waals surface area contributed by atoms with E-state index in [0.717, 1.165) is 6.54 Å². The maximum absolute atomic E-state index is 2.48. The second kappa shape index (κ2) is 6.51. The summed E-state index contributed by atoms with van der Waals surface area (Å²) in [4.78, 5) is 1.36. The molecule has 4 rings (SSSR count). The van der Waals surface area contributed by atoms with Crippen LogP contribution in [-0.4, -0.2) is 10.8 Å². The Hall–Kier alpha value is -2.19. The van der Waals surface area contributed by atoms with Crippen molar-refractivity contribution < 1.29 is 0 Å². The Kier molecular flexibility index (Phi) is 4.32. The first kappa shape index (κ1) is 17.2. The minimum atomic E-state index is 0.140. The highest BCUT2D eigenvalue weighted by Gasteiger charge is 2.20. The van der Waals surface area contributed by atoms with E-state index in [1.807, 2.05) is 11.8 Å². The van der Waals surface area contributed by atoms with Gasteiger partial charge in [0.25, 0.3) is 0 Å². The summed E-state index contributed by atoms with van der Waals surface area (Å²) in [7, 11) is 0. The molecule has 2 heteroatoms. The maximum Gasteiger partial charge on any atom is 0.0632 e. The van der Waals surface area contributed by atoms with Gasteiger partial charge in [0, 0.05) is 27.7 Å². The molecule has 0 saturated heterocycles. The Labute approximate surface area is 160 Å². The first-order valence-electron chi connectivity index (χ1n) is 9.12. The molecule has 0 aliphatic heterocycles. The van der Waals surface area contributed by atoms with E-state index in [2.05, 4.69) is 98.3 Å². The van der Waals surface area contributed by atoms with Crippen LogP contribution < -0.4 is 0 Å². The first-order valence-corrected chi connectivity index (χ1v) is 10.3. The first-order chi connectivity index (χ1) is 12.5. The van der Waals surface area contributed by atoms with Crippen LogP contribution in [0.1, 0.15) is 31.9 Å². The van der Waals surface area contributed by atoms with E-state index in [1.165, 1.54) is 37.8 Å². The second-order valence-electron chi connectivity index (χ2n) is 7.91.